The molecule has 0 atom stereocenters. The van der Waals surface area contributed by atoms with Crippen LogP contribution in [0.5, 0.6) is 0 Å². The van der Waals surface area contributed by atoms with Gasteiger partial charge in [-0.15, -0.1) is 0 Å². The molecule has 0 unspecified atom stereocenters. The Morgan fingerprint density at radius 2 is 1.82 bits per heavy atom. The Morgan fingerprint density at radius 1 is 1.24 bits per heavy atom. The molecular formula is C11H20O5S. The molecule has 0 spiro atoms. The SMILES string of the molecule is CCOC(=O)CC(=O)CS(=O)(=O)CCC(C)C. The van der Waals surface area contributed by atoms with Crippen molar-refractivity contribution in [1.29, 1.82) is 0 Å². The number of sulfone groups is 1. The van der Waals surface area contributed by atoms with Crippen LogP contribution in [-0.4, -0.2) is 38.3 Å². The van der Waals surface area contributed by atoms with Gasteiger partial charge in [-0.1, -0.05) is 13.8 Å². The minimum Gasteiger partial charge on any atom is -0.466 e. The predicted octanol–water partition coefficient (Wildman–Crippen LogP) is 0.970. The molecule has 0 N–H and O–H groups in total. The van der Waals surface area contributed by atoms with Crippen molar-refractivity contribution in [2.75, 3.05) is 18.1 Å². The summed E-state index contributed by atoms with van der Waals surface area (Å²) in [6.07, 6.45) is 0.0593. The van der Waals surface area contributed by atoms with Gasteiger partial charge in [-0.05, 0) is 19.3 Å². The van der Waals surface area contributed by atoms with Gasteiger partial charge in [-0.2, -0.15) is 0 Å². The van der Waals surface area contributed by atoms with Gasteiger partial charge in [-0.3, -0.25) is 9.59 Å². The Labute approximate surface area is 102 Å². The average molecular weight is 264 g/mol. The highest BCUT2D eigenvalue weighted by molar-refractivity contribution is 7.92. The normalized spacial score (nSPS) is 11.5. The first kappa shape index (κ1) is 16.1. The monoisotopic (exact) mass is 264 g/mol. The highest BCUT2D eigenvalue weighted by atomic mass is 32.2. The molecule has 0 aromatic heterocycles. The summed E-state index contributed by atoms with van der Waals surface area (Å²) in [7, 11) is -3.39. The lowest BCUT2D eigenvalue weighted by Gasteiger charge is -2.06. The van der Waals surface area contributed by atoms with E-state index in [9.17, 15) is 18.0 Å². The molecule has 0 aliphatic heterocycles. The number of hydrogen-bond acceptors (Lipinski definition) is 5. The molecule has 0 bridgehead atoms. The summed E-state index contributed by atoms with van der Waals surface area (Å²) >= 11 is 0. The maximum atomic E-state index is 11.5. The number of ketones is 1. The molecule has 17 heavy (non-hydrogen) atoms. The Bertz CT molecular complexity index is 356. The average Bonchev–Trinajstić information content (AvgIpc) is 2.14. The smallest absolute Gasteiger partial charge is 0.313 e. The molecule has 0 aromatic rings. The van der Waals surface area contributed by atoms with Crippen molar-refractivity contribution in [3.05, 3.63) is 0 Å². The molecule has 100 valence electrons. The van der Waals surface area contributed by atoms with E-state index in [2.05, 4.69) is 4.74 Å². The van der Waals surface area contributed by atoms with E-state index in [1.807, 2.05) is 13.8 Å². The molecule has 0 heterocycles. The second-order valence-corrected chi connectivity index (χ2v) is 6.48. The molecule has 0 radical (unpaired) electrons. The fraction of sp³-hybridized carbons (Fsp3) is 0.818. The summed E-state index contributed by atoms with van der Waals surface area (Å²) < 4.78 is 27.6. The molecule has 0 aromatic carbocycles. The van der Waals surface area contributed by atoms with Crippen molar-refractivity contribution in [2.24, 2.45) is 5.92 Å². The number of hydrogen-bond donors (Lipinski definition) is 0. The Morgan fingerprint density at radius 3 is 2.29 bits per heavy atom. The second kappa shape index (κ2) is 7.42. The van der Waals surface area contributed by atoms with Crippen molar-refractivity contribution in [1.82, 2.24) is 0 Å². The molecule has 0 aliphatic rings. The van der Waals surface area contributed by atoms with E-state index in [4.69, 9.17) is 0 Å². The molecule has 5 nitrogen and oxygen atoms in total. The number of carbonyl (C=O) groups is 2. The highest BCUT2D eigenvalue weighted by Gasteiger charge is 2.19. The fourth-order valence-corrected chi connectivity index (χ4v) is 2.72. The first-order chi connectivity index (χ1) is 7.76. The molecule has 0 aliphatic carbocycles. The van der Waals surface area contributed by atoms with Crippen molar-refractivity contribution in [3.8, 4) is 0 Å². The zero-order valence-electron chi connectivity index (χ0n) is 10.6. The predicted molar refractivity (Wildman–Crippen MR) is 64.4 cm³/mol. The standard InChI is InChI=1S/C11H20O5S/c1-4-16-11(13)7-10(12)8-17(14,15)6-5-9(2)3/h9H,4-8H2,1-3H3. The quantitative estimate of drug-likeness (QED) is 0.482. The van der Waals surface area contributed by atoms with Gasteiger partial charge in [0.05, 0.1) is 12.4 Å². The van der Waals surface area contributed by atoms with Gasteiger partial charge in [0.25, 0.3) is 0 Å². The van der Waals surface area contributed by atoms with Gasteiger partial charge >= 0.3 is 5.97 Å². The van der Waals surface area contributed by atoms with E-state index in [1.165, 1.54) is 0 Å². The van der Waals surface area contributed by atoms with Crippen molar-refractivity contribution in [3.63, 3.8) is 0 Å². The lowest BCUT2D eigenvalue weighted by Crippen LogP contribution is -2.22. The van der Waals surface area contributed by atoms with Crippen LogP contribution >= 0.6 is 0 Å². The summed E-state index contributed by atoms with van der Waals surface area (Å²) in [4.78, 5) is 22.3. The van der Waals surface area contributed by atoms with Crippen LogP contribution in [0.3, 0.4) is 0 Å². The van der Waals surface area contributed by atoms with E-state index in [0.29, 0.717) is 6.42 Å². The molecule has 0 rings (SSSR count). The third-order valence-electron chi connectivity index (χ3n) is 2.03. The summed E-state index contributed by atoms with van der Waals surface area (Å²) in [6, 6.07) is 0. The van der Waals surface area contributed by atoms with Gasteiger partial charge < -0.3 is 4.74 Å². The van der Waals surface area contributed by atoms with E-state index in [-0.39, 0.29) is 18.3 Å². The Balaban J connectivity index is 4.14. The van der Waals surface area contributed by atoms with Crippen LogP contribution in [0.1, 0.15) is 33.6 Å². The first-order valence-corrected chi connectivity index (χ1v) is 7.46. The zero-order valence-corrected chi connectivity index (χ0v) is 11.4. The van der Waals surface area contributed by atoms with Crippen molar-refractivity contribution < 1.29 is 22.7 Å². The van der Waals surface area contributed by atoms with E-state index in [1.54, 1.807) is 6.92 Å². The van der Waals surface area contributed by atoms with Crippen molar-refractivity contribution >= 4 is 21.6 Å². The van der Waals surface area contributed by atoms with Gasteiger partial charge in [0, 0.05) is 0 Å². The fourth-order valence-electron chi connectivity index (χ4n) is 1.16. The van der Waals surface area contributed by atoms with Gasteiger partial charge in [0.2, 0.25) is 0 Å². The summed E-state index contributed by atoms with van der Waals surface area (Å²) in [5.41, 5.74) is 0. The van der Waals surface area contributed by atoms with Crippen LogP contribution in [0.2, 0.25) is 0 Å². The molecule has 6 heteroatoms. The van der Waals surface area contributed by atoms with Crippen LogP contribution < -0.4 is 0 Å². The van der Waals surface area contributed by atoms with E-state index in [0.717, 1.165) is 0 Å². The number of Topliss-reactive ketones (excluding diaryl/α,β-unsaturated/α-hetero) is 1. The lowest BCUT2D eigenvalue weighted by molar-refractivity contribution is -0.145. The largest absolute Gasteiger partial charge is 0.466 e. The van der Waals surface area contributed by atoms with Gasteiger partial charge in [-0.25, -0.2) is 8.42 Å². The number of ether oxygens (including phenoxy) is 1. The topological polar surface area (TPSA) is 77.5 Å². The van der Waals surface area contributed by atoms with Gasteiger partial charge in [0.15, 0.2) is 15.6 Å². The maximum absolute atomic E-state index is 11.5. The molecule has 0 saturated heterocycles. The summed E-state index contributed by atoms with van der Waals surface area (Å²) in [5.74, 6) is -1.59. The van der Waals surface area contributed by atoms with Gasteiger partial charge in [0.1, 0.15) is 12.2 Å². The number of esters is 1. The third-order valence-corrected chi connectivity index (χ3v) is 3.65. The van der Waals surface area contributed by atoms with Crippen LogP contribution in [0.25, 0.3) is 0 Å². The zero-order chi connectivity index (χ0) is 13.5. The maximum Gasteiger partial charge on any atom is 0.313 e. The van der Waals surface area contributed by atoms with Crippen LogP contribution in [0, 0.1) is 5.92 Å². The highest BCUT2D eigenvalue weighted by Crippen LogP contribution is 2.04. The van der Waals surface area contributed by atoms with E-state index < -0.39 is 33.8 Å². The van der Waals surface area contributed by atoms with Crippen LogP contribution in [0.4, 0.5) is 0 Å². The molecule has 0 saturated carbocycles. The second-order valence-electron chi connectivity index (χ2n) is 4.30. The van der Waals surface area contributed by atoms with Crippen LogP contribution in [-0.2, 0) is 24.2 Å². The lowest BCUT2D eigenvalue weighted by atomic mass is 10.2. The molecular weight excluding hydrogens is 244 g/mol. The van der Waals surface area contributed by atoms with Crippen LogP contribution in [0.15, 0.2) is 0 Å². The van der Waals surface area contributed by atoms with E-state index >= 15 is 0 Å². The summed E-state index contributed by atoms with van der Waals surface area (Å²) in [6.45, 7) is 5.64. The third kappa shape index (κ3) is 8.85. The minimum absolute atomic E-state index is 0.0147. The van der Waals surface area contributed by atoms with Crippen molar-refractivity contribution in [2.45, 2.75) is 33.6 Å². The first-order valence-electron chi connectivity index (χ1n) is 5.64. The molecule has 0 fully saturated rings. The minimum atomic E-state index is -3.39. The number of carbonyl (C=O) groups excluding carboxylic acids is 2. The Hall–Kier alpha value is -0.910. The molecule has 0 amide bonds. The number of rotatable bonds is 8. The Kier molecular flexibility index (Phi) is 7.03. The summed E-state index contributed by atoms with van der Waals surface area (Å²) in [5, 5.41) is 0.